The molecule has 0 aliphatic carbocycles. The zero-order chi connectivity index (χ0) is 11.7. The molecule has 2 rings (SSSR count). The van der Waals surface area contributed by atoms with Crippen LogP contribution in [-0.2, 0) is 6.42 Å². The lowest BCUT2D eigenvalue weighted by atomic mass is 10.0. The first kappa shape index (κ1) is 11.1. The molecule has 16 heavy (non-hydrogen) atoms. The molecule has 1 aliphatic heterocycles. The van der Waals surface area contributed by atoms with Gasteiger partial charge in [0, 0.05) is 17.8 Å². The van der Waals surface area contributed by atoms with Crippen molar-refractivity contribution < 1.29 is 4.79 Å². The van der Waals surface area contributed by atoms with E-state index in [1.54, 1.807) is 0 Å². The summed E-state index contributed by atoms with van der Waals surface area (Å²) in [6.07, 6.45) is 1.02. The van der Waals surface area contributed by atoms with Gasteiger partial charge in [0.05, 0.1) is 6.04 Å². The van der Waals surface area contributed by atoms with Gasteiger partial charge in [0.1, 0.15) is 0 Å². The summed E-state index contributed by atoms with van der Waals surface area (Å²) in [7, 11) is 3.86. The number of nitrogens with one attached hydrogen (secondary N) is 1. The Morgan fingerprint density at radius 1 is 1.44 bits per heavy atom. The molecule has 3 nitrogen and oxygen atoms in total. The Labute approximate surface area is 96.5 Å². The second kappa shape index (κ2) is 4.26. The largest absolute Gasteiger partial charge is 0.384 e. The molecule has 0 amide bonds. The number of ketones is 1. The van der Waals surface area contributed by atoms with Gasteiger partial charge in [-0.15, -0.1) is 0 Å². The van der Waals surface area contributed by atoms with E-state index in [2.05, 4.69) is 5.32 Å². The van der Waals surface area contributed by atoms with E-state index in [0.29, 0.717) is 0 Å². The highest BCUT2D eigenvalue weighted by Gasteiger charge is 2.19. The van der Waals surface area contributed by atoms with Crippen molar-refractivity contribution in [2.45, 2.75) is 19.4 Å². The zero-order valence-corrected chi connectivity index (χ0v) is 10.1. The van der Waals surface area contributed by atoms with Crippen molar-refractivity contribution in [2.24, 2.45) is 0 Å². The lowest BCUT2D eigenvalue weighted by Crippen LogP contribution is -2.32. The fourth-order valence-corrected chi connectivity index (χ4v) is 1.93. The van der Waals surface area contributed by atoms with E-state index < -0.39 is 0 Å². The predicted molar refractivity (Wildman–Crippen MR) is 66.1 cm³/mol. The van der Waals surface area contributed by atoms with Crippen LogP contribution in [0.5, 0.6) is 0 Å². The molecule has 1 aromatic rings. The van der Waals surface area contributed by atoms with Crippen LogP contribution in [0.15, 0.2) is 18.2 Å². The number of nitrogens with zero attached hydrogens (tertiary/aromatic N) is 1. The van der Waals surface area contributed by atoms with Crippen molar-refractivity contribution in [1.82, 2.24) is 4.90 Å². The van der Waals surface area contributed by atoms with E-state index in [1.165, 1.54) is 11.3 Å². The van der Waals surface area contributed by atoms with Gasteiger partial charge in [-0.3, -0.25) is 9.69 Å². The summed E-state index contributed by atoms with van der Waals surface area (Å²) < 4.78 is 0. The molecule has 3 heteroatoms. The highest BCUT2D eigenvalue weighted by atomic mass is 16.1. The monoisotopic (exact) mass is 218 g/mol. The Morgan fingerprint density at radius 3 is 2.88 bits per heavy atom. The van der Waals surface area contributed by atoms with Crippen LogP contribution in [0.25, 0.3) is 0 Å². The van der Waals surface area contributed by atoms with E-state index >= 15 is 0 Å². The number of carbonyl (C=O) groups excluding carboxylic acids is 1. The smallest absolute Gasteiger partial charge is 0.179 e. The minimum Gasteiger partial charge on any atom is -0.384 e. The second-order valence-corrected chi connectivity index (χ2v) is 4.55. The Bertz CT molecular complexity index is 412. The summed E-state index contributed by atoms with van der Waals surface area (Å²) >= 11 is 0. The molecule has 0 fully saturated rings. The fourth-order valence-electron chi connectivity index (χ4n) is 1.93. The Kier molecular flexibility index (Phi) is 2.97. The van der Waals surface area contributed by atoms with Gasteiger partial charge in [0.25, 0.3) is 0 Å². The van der Waals surface area contributed by atoms with E-state index in [4.69, 9.17) is 0 Å². The maximum absolute atomic E-state index is 12.1. The number of Topliss-reactive ketones (excluding diaryl/α,β-unsaturated/α-hetero) is 1. The standard InChI is InChI=1S/C13H18N2O/c1-9(15(2)3)13(16)11-4-5-12-10(8-11)6-7-14-12/h4-5,8-9,14H,6-7H2,1-3H3. The average molecular weight is 218 g/mol. The molecule has 0 spiro atoms. The molecule has 1 heterocycles. The second-order valence-electron chi connectivity index (χ2n) is 4.55. The number of rotatable bonds is 3. The molecule has 0 aromatic heterocycles. The number of hydrogen-bond acceptors (Lipinski definition) is 3. The predicted octanol–water partition coefficient (Wildman–Crippen LogP) is 1.79. The molecule has 0 saturated heterocycles. The molecule has 1 N–H and O–H groups in total. The van der Waals surface area contributed by atoms with Gasteiger partial charge >= 0.3 is 0 Å². The molecule has 0 saturated carbocycles. The van der Waals surface area contributed by atoms with Crippen LogP contribution in [0.1, 0.15) is 22.8 Å². The number of fused-ring (bicyclic) bond motifs is 1. The van der Waals surface area contributed by atoms with E-state index in [9.17, 15) is 4.79 Å². The molecule has 1 atom stereocenters. The first-order valence-electron chi connectivity index (χ1n) is 5.67. The van der Waals surface area contributed by atoms with Crippen molar-refractivity contribution in [3.8, 4) is 0 Å². The molecule has 1 aromatic carbocycles. The van der Waals surface area contributed by atoms with Crippen molar-refractivity contribution >= 4 is 11.5 Å². The third-order valence-electron chi connectivity index (χ3n) is 3.25. The summed E-state index contributed by atoms with van der Waals surface area (Å²) in [6.45, 7) is 2.92. The van der Waals surface area contributed by atoms with Crippen molar-refractivity contribution in [3.63, 3.8) is 0 Å². The Hall–Kier alpha value is -1.35. The van der Waals surface area contributed by atoms with Crippen LogP contribution in [0.2, 0.25) is 0 Å². The van der Waals surface area contributed by atoms with Gasteiger partial charge in [-0.1, -0.05) is 0 Å². The lowest BCUT2D eigenvalue weighted by molar-refractivity contribution is 0.0890. The van der Waals surface area contributed by atoms with Gasteiger partial charge in [-0.05, 0) is 51.2 Å². The quantitative estimate of drug-likeness (QED) is 0.785. The normalized spacial score (nSPS) is 15.8. The van der Waals surface area contributed by atoms with Crippen LogP contribution < -0.4 is 5.32 Å². The number of likely N-dealkylation sites (N-methyl/N-ethyl adjacent to an activating group) is 1. The summed E-state index contributed by atoms with van der Waals surface area (Å²) in [4.78, 5) is 14.1. The first-order chi connectivity index (χ1) is 7.59. The SMILES string of the molecule is CC(C(=O)c1ccc2c(c1)CCN2)N(C)C. The summed E-state index contributed by atoms with van der Waals surface area (Å²) in [6, 6.07) is 5.89. The van der Waals surface area contributed by atoms with E-state index in [0.717, 1.165) is 18.5 Å². The fraction of sp³-hybridized carbons (Fsp3) is 0.462. The van der Waals surface area contributed by atoms with Crippen LogP contribution in [0.3, 0.4) is 0 Å². The summed E-state index contributed by atoms with van der Waals surface area (Å²) in [5.74, 6) is 0.194. The molecule has 86 valence electrons. The van der Waals surface area contributed by atoms with Gasteiger partial charge < -0.3 is 5.32 Å². The summed E-state index contributed by atoms with van der Waals surface area (Å²) in [5, 5.41) is 3.30. The molecule has 1 aliphatic rings. The zero-order valence-electron chi connectivity index (χ0n) is 10.1. The molecular weight excluding hydrogens is 200 g/mol. The Morgan fingerprint density at radius 2 is 2.19 bits per heavy atom. The van der Waals surface area contributed by atoms with Crippen LogP contribution in [0, 0.1) is 0 Å². The molecule has 0 bridgehead atoms. The number of carbonyl (C=O) groups is 1. The van der Waals surface area contributed by atoms with Crippen LogP contribution in [-0.4, -0.2) is 37.4 Å². The lowest BCUT2D eigenvalue weighted by Gasteiger charge is -2.18. The minimum atomic E-state index is -0.0626. The third kappa shape index (κ3) is 1.95. The topological polar surface area (TPSA) is 32.3 Å². The molecular formula is C13H18N2O. The van der Waals surface area contributed by atoms with Gasteiger partial charge in [-0.25, -0.2) is 0 Å². The Balaban J connectivity index is 2.25. The highest BCUT2D eigenvalue weighted by molar-refractivity contribution is 6.00. The van der Waals surface area contributed by atoms with Crippen molar-refractivity contribution in [3.05, 3.63) is 29.3 Å². The molecule has 0 radical (unpaired) electrons. The van der Waals surface area contributed by atoms with Crippen molar-refractivity contribution in [2.75, 3.05) is 26.0 Å². The van der Waals surface area contributed by atoms with Crippen LogP contribution in [0.4, 0.5) is 5.69 Å². The first-order valence-corrected chi connectivity index (χ1v) is 5.67. The summed E-state index contributed by atoms with van der Waals surface area (Å²) in [5.41, 5.74) is 3.26. The maximum Gasteiger partial charge on any atom is 0.179 e. The van der Waals surface area contributed by atoms with E-state index in [1.807, 2.05) is 44.1 Å². The molecule has 1 unspecified atom stereocenters. The third-order valence-corrected chi connectivity index (χ3v) is 3.25. The highest BCUT2D eigenvalue weighted by Crippen LogP contribution is 2.23. The minimum absolute atomic E-state index is 0.0626. The number of benzene rings is 1. The average Bonchev–Trinajstić information content (AvgIpc) is 2.73. The number of hydrogen-bond donors (Lipinski definition) is 1. The number of anilines is 1. The van der Waals surface area contributed by atoms with Gasteiger partial charge in [0.2, 0.25) is 0 Å². The van der Waals surface area contributed by atoms with Crippen LogP contribution >= 0.6 is 0 Å². The van der Waals surface area contributed by atoms with Gasteiger partial charge in [0.15, 0.2) is 5.78 Å². The van der Waals surface area contributed by atoms with Crippen molar-refractivity contribution in [1.29, 1.82) is 0 Å². The van der Waals surface area contributed by atoms with Gasteiger partial charge in [-0.2, -0.15) is 0 Å². The van der Waals surface area contributed by atoms with E-state index in [-0.39, 0.29) is 11.8 Å². The maximum atomic E-state index is 12.1.